The Morgan fingerprint density at radius 3 is 2.42 bits per heavy atom. The second kappa shape index (κ2) is 9.75. The molecule has 0 aliphatic carbocycles. The largest absolute Gasteiger partial charge is 0.497 e. The molecule has 2 aromatic carbocycles. The van der Waals surface area contributed by atoms with E-state index in [0.29, 0.717) is 28.4 Å². The number of nitrogens with zero attached hydrogens (tertiary/aromatic N) is 2. The molecule has 0 saturated heterocycles. The number of esters is 1. The van der Waals surface area contributed by atoms with Gasteiger partial charge in [0.05, 0.1) is 31.5 Å². The highest BCUT2D eigenvalue weighted by Crippen LogP contribution is 2.25. The Bertz CT molecular complexity index is 1150. The van der Waals surface area contributed by atoms with E-state index in [4.69, 9.17) is 14.2 Å². The summed E-state index contributed by atoms with van der Waals surface area (Å²) in [4.78, 5) is 40.4. The number of carbonyl (C=O) groups excluding carboxylic acids is 2. The summed E-state index contributed by atoms with van der Waals surface area (Å²) in [5.41, 5.74) is 0.844. The van der Waals surface area contributed by atoms with Gasteiger partial charge in [0.2, 0.25) is 0 Å². The standard InChI is InChI=1S/C22H23N3O6/c1-25-18-7-5-4-6-17(18)22(28)24-19(25)8-9-21(27)31-13-20(26)23-14-10-15(29-2)12-16(11-14)30-3/h4-7,10-12H,8-9,13H2,1-3H3,(H,23,26). The van der Waals surface area contributed by atoms with Gasteiger partial charge in [-0.25, -0.2) is 0 Å². The van der Waals surface area contributed by atoms with Gasteiger partial charge in [-0.2, -0.15) is 4.98 Å². The van der Waals surface area contributed by atoms with E-state index < -0.39 is 18.5 Å². The first-order valence-electron chi connectivity index (χ1n) is 9.54. The van der Waals surface area contributed by atoms with Crippen LogP contribution in [0.15, 0.2) is 47.3 Å². The number of rotatable bonds is 8. The van der Waals surface area contributed by atoms with Gasteiger partial charge >= 0.3 is 5.97 Å². The fourth-order valence-corrected chi connectivity index (χ4v) is 3.07. The second-order valence-electron chi connectivity index (χ2n) is 6.72. The quantitative estimate of drug-likeness (QED) is 0.550. The summed E-state index contributed by atoms with van der Waals surface area (Å²) in [6.45, 7) is -0.442. The average molecular weight is 425 g/mol. The van der Waals surface area contributed by atoms with E-state index in [0.717, 1.165) is 5.52 Å². The highest BCUT2D eigenvalue weighted by molar-refractivity contribution is 5.93. The molecule has 9 nitrogen and oxygen atoms in total. The summed E-state index contributed by atoms with van der Waals surface area (Å²) in [7, 11) is 4.79. The third kappa shape index (κ3) is 5.39. The van der Waals surface area contributed by atoms with Crippen molar-refractivity contribution in [2.24, 2.45) is 7.05 Å². The number of nitrogens with one attached hydrogen (secondary N) is 1. The molecule has 0 fully saturated rings. The predicted octanol–water partition coefficient (Wildman–Crippen LogP) is 2.07. The molecule has 0 aliphatic heterocycles. The molecule has 0 saturated carbocycles. The average Bonchev–Trinajstić information content (AvgIpc) is 2.78. The van der Waals surface area contributed by atoms with Crippen LogP contribution in [0.1, 0.15) is 12.2 Å². The zero-order valence-corrected chi connectivity index (χ0v) is 17.5. The molecule has 9 heteroatoms. The number of ether oxygens (including phenoxy) is 3. The molecule has 0 bridgehead atoms. The molecule has 0 atom stereocenters. The van der Waals surface area contributed by atoms with Crippen LogP contribution in [0.25, 0.3) is 10.9 Å². The van der Waals surface area contributed by atoms with Crippen molar-refractivity contribution in [1.29, 1.82) is 0 Å². The van der Waals surface area contributed by atoms with Crippen molar-refractivity contribution < 1.29 is 23.8 Å². The molecule has 162 valence electrons. The molecule has 3 aromatic rings. The lowest BCUT2D eigenvalue weighted by Crippen LogP contribution is -2.22. The van der Waals surface area contributed by atoms with Gasteiger partial charge in [0.15, 0.2) is 6.61 Å². The minimum absolute atomic E-state index is 0.0150. The molecule has 3 rings (SSSR count). The molecular weight excluding hydrogens is 402 g/mol. The number of methoxy groups -OCH3 is 2. The first kappa shape index (κ1) is 21.8. The second-order valence-corrected chi connectivity index (χ2v) is 6.72. The van der Waals surface area contributed by atoms with Crippen LogP contribution >= 0.6 is 0 Å². The van der Waals surface area contributed by atoms with Gasteiger partial charge in [0.25, 0.3) is 11.5 Å². The number of aromatic nitrogens is 2. The Hall–Kier alpha value is -3.88. The molecular formula is C22H23N3O6. The highest BCUT2D eigenvalue weighted by Gasteiger charge is 2.13. The van der Waals surface area contributed by atoms with Gasteiger partial charge in [-0.15, -0.1) is 0 Å². The Labute approximate surface area is 178 Å². The van der Waals surface area contributed by atoms with Crippen molar-refractivity contribution in [1.82, 2.24) is 9.55 Å². The van der Waals surface area contributed by atoms with Gasteiger partial charge in [0, 0.05) is 37.4 Å². The molecule has 31 heavy (non-hydrogen) atoms. The van der Waals surface area contributed by atoms with Crippen LogP contribution < -0.4 is 20.3 Å². The van der Waals surface area contributed by atoms with E-state index >= 15 is 0 Å². The SMILES string of the molecule is COc1cc(NC(=O)COC(=O)CCc2nc(=O)c3ccccc3n2C)cc(OC)c1. The van der Waals surface area contributed by atoms with Crippen LogP contribution in [0.4, 0.5) is 5.69 Å². The van der Waals surface area contributed by atoms with Crippen molar-refractivity contribution in [3.63, 3.8) is 0 Å². The van der Waals surface area contributed by atoms with Crippen LogP contribution in [0, 0.1) is 0 Å². The summed E-state index contributed by atoms with van der Waals surface area (Å²) < 4.78 is 17.1. The van der Waals surface area contributed by atoms with Gasteiger partial charge in [-0.3, -0.25) is 14.4 Å². The predicted molar refractivity (Wildman–Crippen MR) is 114 cm³/mol. The van der Waals surface area contributed by atoms with Crippen molar-refractivity contribution in [2.75, 3.05) is 26.1 Å². The summed E-state index contributed by atoms with van der Waals surface area (Å²) in [6, 6.07) is 12.0. The Balaban J connectivity index is 1.55. The van der Waals surface area contributed by atoms with E-state index in [1.165, 1.54) is 14.2 Å². The van der Waals surface area contributed by atoms with Crippen molar-refractivity contribution in [2.45, 2.75) is 12.8 Å². The van der Waals surface area contributed by atoms with Gasteiger partial charge < -0.3 is 24.1 Å². The van der Waals surface area contributed by atoms with Crippen LogP contribution in [-0.2, 0) is 27.8 Å². The van der Waals surface area contributed by atoms with Crippen LogP contribution in [0.2, 0.25) is 0 Å². The number of amides is 1. The number of hydrogen-bond acceptors (Lipinski definition) is 7. The maximum Gasteiger partial charge on any atom is 0.306 e. The molecule has 0 spiro atoms. The maximum absolute atomic E-state index is 12.2. The van der Waals surface area contributed by atoms with Gasteiger partial charge in [0.1, 0.15) is 17.3 Å². The van der Waals surface area contributed by atoms with Crippen molar-refractivity contribution in [3.8, 4) is 11.5 Å². The van der Waals surface area contributed by atoms with E-state index in [9.17, 15) is 14.4 Å². The van der Waals surface area contributed by atoms with E-state index in [1.54, 1.807) is 41.9 Å². The summed E-state index contributed by atoms with van der Waals surface area (Å²) in [6.07, 6.45) is 0.197. The number of hydrogen-bond donors (Lipinski definition) is 1. The zero-order valence-electron chi connectivity index (χ0n) is 17.5. The van der Waals surface area contributed by atoms with Crippen molar-refractivity contribution in [3.05, 3.63) is 58.6 Å². The van der Waals surface area contributed by atoms with Crippen LogP contribution in [0.3, 0.4) is 0 Å². The summed E-state index contributed by atoms with van der Waals surface area (Å²) in [5.74, 6) is 0.425. The van der Waals surface area contributed by atoms with E-state index in [-0.39, 0.29) is 18.4 Å². The molecule has 1 amide bonds. The summed E-state index contributed by atoms with van der Waals surface area (Å²) >= 11 is 0. The van der Waals surface area contributed by atoms with E-state index in [2.05, 4.69) is 10.3 Å². The number of benzene rings is 2. The molecule has 1 aromatic heterocycles. The Kier molecular flexibility index (Phi) is 6.86. The lowest BCUT2D eigenvalue weighted by Gasteiger charge is -2.11. The lowest BCUT2D eigenvalue weighted by atomic mass is 10.2. The first-order chi connectivity index (χ1) is 14.9. The molecule has 1 N–H and O–H groups in total. The lowest BCUT2D eigenvalue weighted by molar-refractivity contribution is -0.147. The monoisotopic (exact) mass is 425 g/mol. The number of fused-ring (bicyclic) bond motifs is 1. The minimum atomic E-state index is -0.569. The summed E-state index contributed by atoms with van der Waals surface area (Å²) in [5, 5.41) is 3.14. The third-order valence-corrected chi connectivity index (χ3v) is 4.67. The maximum atomic E-state index is 12.2. The fraction of sp³-hybridized carbons (Fsp3) is 0.273. The number of para-hydroxylation sites is 1. The minimum Gasteiger partial charge on any atom is -0.497 e. The Morgan fingerprint density at radius 2 is 1.74 bits per heavy atom. The first-order valence-corrected chi connectivity index (χ1v) is 9.54. The van der Waals surface area contributed by atoms with Crippen LogP contribution in [-0.4, -0.2) is 42.3 Å². The molecule has 0 unspecified atom stereocenters. The topological polar surface area (TPSA) is 109 Å². The van der Waals surface area contributed by atoms with Crippen molar-refractivity contribution >= 4 is 28.5 Å². The molecule has 0 aliphatic rings. The zero-order chi connectivity index (χ0) is 22.4. The molecule has 0 radical (unpaired) electrons. The smallest absolute Gasteiger partial charge is 0.306 e. The number of aryl methyl sites for hydroxylation is 2. The third-order valence-electron chi connectivity index (χ3n) is 4.67. The Morgan fingerprint density at radius 1 is 1.06 bits per heavy atom. The number of anilines is 1. The van der Waals surface area contributed by atoms with E-state index in [1.807, 2.05) is 12.1 Å². The van der Waals surface area contributed by atoms with Gasteiger partial charge in [-0.1, -0.05) is 12.1 Å². The normalized spacial score (nSPS) is 10.5. The highest BCUT2D eigenvalue weighted by atomic mass is 16.5. The number of carbonyl (C=O) groups is 2. The van der Waals surface area contributed by atoms with Gasteiger partial charge in [-0.05, 0) is 12.1 Å². The fourth-order valence-electron chi connectivity index (χ4n) is 3.07. The molecule has 1 heterocycles. The van der Waals surface area contributed by atoms with Crippen LogP contribution in [0.5, 0.6) is 11.5 Å².